The third-order valence-corrected chi connectivity index (χ3v) is 2.70. The second-order valence-corrected chi connectivity index (χ2v) is 4.08. The normalized spacial score (nSPS) is 10.6. The highest BCUT2D eigenvalue weighted by atomic mass is 15.4. The highest BCUT2D eigenvalue weighted by Crippen LogP contribution is 2.14. The fraction of sp³-hybridized carbons (Fsp3) is 0.385. The molecular weight excluding hydrogens is 212 g/mol. The number of nitrogens with zero attached hydrogens (tertiary/aromatic N) is 3. The van der Waals surface area contributed by atoms with Gasteiger partial charge in [0.15, 0.2) is 0 Å². The van der Waals surface area contributed by atoms with Gasteiger partial charge in [0.2, 0.25) is 0 Å². The molecule has 0 aliphatic rings. The Hall–Kier alpha value is -1.68. The van der Waals surface area contributed by atoms with Gasteiger partial charge in [-0.1, -0.05) is 42.0 Å². The van der Waals surface area contributed by atoms with Crippen LogP contribution in [-0.4, -0.2) is 21.5 Å². The zero-order valence-corrected chi connectivity index (χ0v) is 9.92. The maximum absolute atomic E-state index is 5.45. The van der Waals surface area contributed by atoms with Gasteiger partial charge in [0.25, 0.3) is 0 Å². The molecule has 0 bridgehead atoms. The first-order valence-electron chi connectivity index (χ1n) is 6.06. The van der Waals surface area contributed by atoms with Crippen molar-refractivity contribution >= 4 is 0 Å². The van der Waals surface area contributed by atoms with Gasteiger partial charge in [-0.3, -0.25) is 4.68 Å². The zero-order chi connectivity index (χ0) is 11.9. The molecule has 0 fully saturated rings. The molecule has 4 heteroatoms. The number of benzene rings is 1. The third-order valence-electron chi connectivity index (χ3n) is 2.70. The average molecular weight is 230 g/mol. The molecule has 0 spiro atoms. The Balaban J connectivity index is 1.92. The maximum Gasteiger partial charge on any atom is 0.113 e. The zero-order valence-electron chi connectivity index (χ0n) is 9.92. The molecule has 2 N–H and O–H groups in total. The highest BCUT2D eigenvalue weighted by Gasteiger charge is 2.02. The molecule has 17 heavy (non-hydrogen) atoms. The predicted octanol–water partition coefficient (Wildman–Crippen LogP) is 2.07. The fourth-order valence-electron chi connectivity index (χ4n) is 1.74. The molecule has 1 aromatic heterocycles. The van der Waals surface area contributed by atoms with Crippen LogP contribution in [0.15, 0.2) is 36.5 Å². The third kappa shape index (κ3) is 3.39. The van der Waals surface area contributed by atoms with Crippen LogP contribution in [0.4, 0.5) is 0 Å². The van der Waals surface area contributed by atoms with Crippen molar-refractivity contribution in [2.45, 2.75) is 25.8 Å². The summed E-state index contributed by atoms with van der Waals surface area (Å²) in [5, 5.41) is 8.30. The molecule has 2 rings (SSSR count). The van der Waals surface area contributed by atoms with Crippen molar-refractivity contribution in [3.05, 3.63) is 36.5 Å². The molecule has 0 atom stereocenters. The van der Waals surface area contributed by atoms with E-state index in [-0.39, 0.29) is 0 Å². The lowest BCUT2D eigenvalue weighted by atomic mass is 10.2. The largest absolute Gasteiger partial charge is 0.330 e. The Kier molecular flexibility index (Phi) is 4.27. The molecule has 1 aromatic carbocycles. The molecule has 0 saturated carbocycles. The number of unbranched alkanes of at least 4 members (excludes halogenated alkanes) is 2. The van der Waals surface area contributed by atoms with E-state index in [4.69, 9.17) is 5.73 Å². The summed E-state index contributed by atoms with van der Waals surface area (Å²) in [4.78, 5) is 0. The van der Waals surface area contributed by atoms with Crippen molar-refractivity contribution in [1.82, 2.24) is 15.0 Å². The number of hydrogen-bond donors (Lipinski definition) is 1. The summed E-state index contributed by atoms with van der Waals surface area (Å²) < 4.78 is 1.90. The van der Waals surface area contributed by atoms with E-state index in [2.05, 4.69) is 10.3 Å². The van der Waals surface area contributed by atoms with E-state index in [1.54, 1.807) is 0 Å². The van der Waals surface area contributed by atoms with Gasteiger partial charge < -0.3 is 5.73 Å². The molecule has 0 aliphatic carbocycles. The monoisotopic (exact) mass is 230 g/mol. The van der Waals surface area contributed by atoms with Crippen LogP contribution < -0.4 is 5.73 Å². The van der Waals surface area contributed by atoms with Gasteiger partial charge in [-0.05, 0) is 19.4 Å². The van der Waals surface area contributed by atoms with Crippen molar-refractivity contribution in [3.8, 4) is 11.3 Å². The first kappa shape index (κ1) is 11.8. The quantitative estimate of drug-likeness (QED) is 0.773. The van der Waals surface area contributed by atoms with Crippen LogP contribution in [0.3, 0.4) is 0 Å². The number of aryl methyl sites for hydroxylation is 1. The Labute approximate surface area is 101 Å². The molecule has 0 saturated heterocycles. The smallest absolute Gasteiger partial charge is 0.113 e. The standard InChI is InChI=1S/C13H18N4/c14-9-5-2-6-10-17-11-13(15-16-17)12-7-3-1-4-8-12/h1,3-4,7-8,11H,2,5-6,9-10,14H2. The summed E-state index contributed by atoms with van der Waals surface area (Å²) in [5.74, 6) is 0. The van der Waals surface area contributed by atoms with E-state index in [1.165, 1.54) is 0 Å². The van der Waals surface area contributed by atoms with Crippen molar-refractivity contribution in [2.75, 3.05) is 6.54 Å². The van der Waals surface area contributed by atoms with Gasteiger partial charge in [0.05, 0.1) is 6.20 Å². The number of aromatic nitrogens is 3. The van der Waals surface area contributed by atoms with Crippen LogP contribution in [0.2, 0.25) is 0 Å². The number of nitrogens with two attached hydrogens (primary N) is 1. The van der Waals surface area contributed by atoms with Gasteiger partial charge >= 0.3 is 0 Å². The van der Waals surface area contributed by atoms with Crippen molar-refractivity contribution in [1.29, 1.82) is 0 Å². The van der Waals surface area contributed by atoms with Crippen LogP contribution in [0.5, 0.6) is 0 Å². The first-order valence-corrected chi connectivity index (χ1v) is 6.06. The lowest BCUT2D eigenvalue weighted by molar-refractivity contribution is 0.532. The average Bonchev–Trinajstić information content (AvgIpc) is 2.85. The summed E-state index contributed by atoms with van der Waals surface area (Å²) >= 11 is 0. The van der Waals surface area contributed by atoms with E-state index in [0.29, 0.717) is 0 Å². The Morgan fingerprint density at radius 3 is 2.65 bits per heavy atom. The molecular formula is C13H18N4. The minimum absolute atomic E-state index is 0.770. The van der Waals surface area contributed by atoms with Crippen molar-refractivity contribution in [3.63, 3.8) is 0 Å². The van der Waals surface area contributed by atoms with Gasteiger partial charge in [-0.15, -0.1) is 5.10 Å². The maximum atomic E-state index is 5.45. The molecule has 4 nitrogen and oxygen atoms in total. The topological polar surface area (TPSA) is 56.7 Å². The van der Waals surface area contributed by atoms with E-state index in [9.17, 15) is 0 Å². The first-order chi connectivity index (χ1) is 8.40. The number of rotatable bonds is 6. The molecule has 0 amide bonds. The van der Waals surface area contributed by atoms with Crippen LogP contribution in [0, 0.1) is 0 Å². The molecule has 90 valence electrons. The van der Waals surface area contributed by atoms with E-state index in [1.807, 2.05) is 41.2 Å². The molecule has 0 aliphatic heterocycles. The van der Waals surface area contributed by atoms with Crippen LogP contribution >= 0.6 is 0 Å². The lowest BCUT2D eigenvalue weighted by Crippen LogP contribution is -2.02. The molecule has 2 aromatic rings. The minimum Gasteiger partial charge on any atom is -0.330 e. The second kappa shape index (κ2) is 6.15. The van der Waals surface area contributed by atoms with Gasteiger partial charge in [-0.25, -0.2) is 0 Å². The van der Waals surface area contributed by atoms with Crippen molar-refractivity contribution in [2.24, 2.45) is 5.73 Å². The Bertz CT molecular complexity index is 436. The second-order valence-electron chi connectivity index (χ2n) is 4.08. The van der Waals surface area contributed by atoms with E-state index in [0.717, 1.165) is 43.6 Å². The molecule has 1 heterocycles. The van der Waals surface area contributed by atoms with Gasteiger partial charge in [-0.2, -0.15) is 0 Å². The van der Waals surface area contributed by atoms with E-state index < -0.39 is 0 Å². The van der Waals surface area contributed by atoms with E-state index >= 15 is 0 Å². The highest BCUT2D eigenvalue weighted by molar-refractivity contribution is 5.56. The summed E-state index contributed by atoms with van der Waals surface area (Å²) in [6.07, 6.45) is 5.34. The summed E-state index contributed by atoms with van der Waals surface area (Å²) in [6.45, 7) is 1.69. The SMILES string of the molecule is NCCCCCn1cc(-c2ccccc2)nn1. The summed E-state index contributed by atoms with van der Waals surface area (Å²) in [6, 6.07) is 10.1. The predicted molar refractivity (Wildman–Crippen MR) is 68.4 cm³/mol. The van der Waals surface area contributed by atoms with Gasteiger partial charge in [0.1, 0.15) is 5.69 Å². The summed E-state index contributed by atoms with van der Waals surface area (Å²) in [5.41, 5.74) is 7.50. The lowest BCUT2D eigenvalue weighted by Gasteiger charge is -1.98. The van der Waals surface area contributed by atoms with Crippen LogP contribution in [0.1, 0.15) is 19.3 Å². The summed E-state index contributed by atoms with van der Waals surface area (Å²) in [7, 11) is 0. The Morgan fingerprint density at radius 1 is 1.06 bits per heavy atom. The van der Waals surface area contributed by atoms with Crippen LogP contribution in [0.25, 0.3) is 11.3 Å². The number of hydrogen-bond acceptors (Lipinski definition) is 3. The molecule has 0 radical (unpaired) electrons. The fourth-order valence-corrected chi connectivity index (χ4v) is 1.74. The Morgan fingerprint density at radius 2 is 1.88 bits per heavy atom. The molecule has 0 unspecified atom stereocenters. The minimum atomic E-state index is 0.770. The van der Waals surface area contributed by atoms with Crippen LogP contribution in [-0.2, 0) is 6.54 Å². The van der Waals surface area contributed by atoms with Gasteiger partial charge in [0, 0.05) is 12.1 Å². The van der Waals surface area contributed by atoms with Crippen molar-refractivity contribution < 1.29 is 0 Å².